The van der Waals surface area contributed by atoms with Crippen LogP contribution < -0.4 is 5.90 Å². The van der Waals surface area contributed by atoms with Gasteiger partial charge in [0.15, 0.2) is 0 Å². The van der Waals surface area contributed by atoms with Gasteiger partial charge in [0.1, 0.15) is 5.41 Å². The van der Waals surface area contributed by atoms with Crippen LogP contribution in [0.2, 0.25) is 0 Å². The normalized spacial score (nSPS) is 13.9. The molecule has 0 bridgehead atoms. The van der Waals surface area contributed by atoms with Gasteiger partial charge in [-0.1, -0.05) is 60.7 Å². The number of aliphatic carboxylic acids is 1. The first-order valence-corrected chi connectivity index (χ1v) is 6.74. The van der Waals surface area contributed by atoms with Crippen molar-refractivity contribution in [3.05, 3.63) is 71.8 Å². The molecule has 2 rings (SSSR count). The molecular weight excluding hydrogens is 266 g/mol. The minimum absolute atomic E-state index is 0.0726. The summed E-state index contributed by atoms with van der Waals surface area (Å²) in [5, 5.41) is 9.72. The Kier molecular flexibility index (Phi) is 4.73. The average molecular weight is 285 g/mol. The molecule has 0 amide bonds. The number of carboxylic acid groups (broad SMARTS) is 1. The minimum atomic E-state index is -1.16. The standard InChI is InChI=1S/C17H19NO3/c1-17(12-21-18,16(19)20)15(13-8-4-2-5-9-13)14-10-6-3-7-11-14/h2-11,15H,12,18H2,1H3,(H,19,20). The van der Waals surface area contributed by atoms with Crippen LogP contribution in [-0.4, -0.2) is 17.7 Å². The maximum Gasteiger partial charge on any atom is 0.312 e. The van der Waals surface area contributed by atoms with Crippen molar-refractivity contribution in [1.29, 1.82) is 0 Å². The van der Waals surface area contributed by atoms with Gasteiger partial charge in [0.25, 0.3) is 0 Å². The van der Waals surface area contributed by atoms with E-state index in [9.17, 15) is 9.90 Å². The third kappa shape index (κ3) is 3.12. The second kappa shape index (κ2) is 6.52. The van der Waals surface area contributed by atoms with Crippen molar-refractivity contribution in [2.45, 2.75) is 12.8 Å². The quantitative estimate of drug-likeness (QED) is 0.800. The van der Waals surface area contributed by atoms with Gasteiger partial charge in [0, 0.05) is 5.92 Å². The lowest BCUT2D eigenvalue weighted by Gasteiger charge is -2.34. The summed E-state index contributed by atoms with van der Waals surface area (Å²) in [6.45, 7) is 1.59. The molecule has 3 N–H and O–H groups in total. The van der Waals surface area contributed by atoms with E-state index in [1.165, 1.54) is 0 Å². The van der Waals surface area contributed by atoms with Gasteiger partial charge in [-0.25, -0.2) is 5.90 Å². The molecule has 0 aliphatic rings. The first kappa shape index (κ1) is 15.2. The van der Waals surface area contributed by atoms with Crippen LogP contribution in [0.15, 0.2) is 60.7 Å². The molecule has 0 saturated heterocycles. The van der Waals surface area contributed by atoms with Crippen LogP contribution >= 0.6 is 0 Å². The van der Waals surface area contributed by atoms with Crippen molar-refractivity contribution in [1.82, 2.24) is 0 Å². The molecule has 4 heteroatoms. The maximum atomic E-state index is 11.9. The summed E-state index contributed by atoms with van der Waals surface area (Å²) in [7, 11) is 0. The van der Waals surface area contributed by atoms with Crippen LogP contribution in [0.25, 0.3) is 0 Å². The Labute approximate surface area is 124 Å². The van der Waals surface area contributed by atoms with Crippen molar-refractivity contribution in [3.63, 3.8) is 0 Å². The van der Waals surface area contributed by atoms with Gasteiger partial charge in [0.2, 0.25) is 0 Å². The van der Waals surface area contributed by atoms with E-state index in [2.05, 4.69) is 0 Å². The predicted octanol–water partition coefficient (Wildman–Crippen LogP) is 2.80. The van der Waals surface area contributed by atoms with Gasteiger partial charge in [-0.2, -0.15) is 0 Å². The zero-order chi connectivity index (χ0) is 15.3. The van der Waals surface area contributed by atoms with E-state index in [-0.39, 0.29) is 12.5 Å². The summed E-state index contributed by atoms with van der Waals surface area (Å²) in [4.78, 5) is 16.6. The molecule has 0 aliphatic carbocycles. The molecular formula is C17H19NO3. The predicted molar refractivity (Wildman–Crippen MR) is 80.6 cm³/mol. The Morgan fingerprint density at radius 2 is 1.52 bits per heavy atom. The fourth-order valence-electron chi connectivity index (χ4n) is 2.66. The van der Waals surface area contributed by atoms with Crippen molar-refractivity contribution in [2.24, 2.45) is 11.3 Å². The highest BCUT2D eigenvalue weighted by Gasteiger charge is 2.43. The number of hydrogen-bond acceptors (Lipinski definition) is 3. The van der Waals surface area contributed by atoms with E-state index in [1.54, 1.807) is 6.92 Å². The topological polar surface area (TPSA) is 72.5 Å². The van der Waals surface area contributed by atoms with E-state index in [1.807, 2.05) is 60.7 Å². The first-order chi connectivity index (χ1) is 10.1. The highest BCUT2D eigenvalue weighted by atomic mass is 16.6. The van der Waals surface area contributed by atoms with Crippen molar-refractivity contribution < 1.29 is 14.7 Å². The Morgan fingerprint density at radius 3 is 1.86 bits per heavy atom. The van der Waals surface area contributed by atoms with Crippen LogP contribution in [-0.2, 0) is 9.63 Å². The number of hydrogen-bond donors (Lipinski definition) is 2. The van der Waals surface area contributed by atoms with E-state index in [0.29, 0.717) is 0 Å². The lowest BCUT2D eigenvalue weighted by atomic mass is 9.70. The summed E-state index contributed by atoms with van der Waals surface area (Å²) in [6.07, 6.45) is 0. The molecule has 1 atom stereocenters. The summed E-state index contributed by atoms with van der Waals surface area (Å²) < 4.78 is 0. The molecule has 110 valence electrons. The Hall–Kier alpha value is -2.17. The third-order valence-corrected chi connectivity index (χ3v) is 3.77. The summed E-state index contributed by atoms with van der Waals surface area (Å²) in [6, 6.07) is 19.1. The molecule has 2 aromatic carbocycles. The van der Waals surface area contributed by atoms with Gasteiger partial charge in [0.05, 0.1) is 6.61 Å². The Morgan fingerprint density at radius 1 is 1.10 bits per heavy atom. The van der Waals surface area contributed by atoms with Crippen LogP contribution in [0, 0.1) is 5.41 Å². The molecule has 0 spiro atoms. The van der Waals surface area contributed by atoms with Crippen LogP contribution in [0.1, 0.15) is 24.0 Å². The molecule has 1 unspecified atom stereocenters. The van der Waals surface area contributed by atoms with Crippen molar-refractivity contribution in [3.8, 4) is 0 Å². The summed E-state index contributed by atoms with van der Waals surface area (Å²) >= 11 is 0. The lowest BCUT2D eigenvalue weighted by Crippen LogP contribution is -2.40. The second-order valence-corrected chi connectivity index (χ2v) is 5.29. The van der Waals surface area contributed by atoms with E-state index < -0.39 is 11.4 Å². The van der Waals surface area contributed by atoms with Gasteiger partial charge < -0.3 is 9.94 Å². The van der Waals surface area contributed by atoms with E-state index in [0.717, 1.165) is 11.1 Å². The number of carbonyl (C=O) groups is 1. The molecule has 0 radical (unpaired) electrons. The maximum absolute atomic E-state index is 11.9. The van der Waals surface area contributed by atoms with Crippen molar-refractivity contribution in [2.75, 3.05) is 6.61 Å². The van der Waals surface area contributed by atoms with E-state index >= 15 is 0 Å². The molecule has 4 nitrogen and oxygen atoms in total. The smallest absolute Gasteiger partial charge is 0.312 e. The Bertz CT molecular complexity index is 546. The number of benzene rings is 2. The second-order valence-electron chi connectivity index (χ2n) is 5.29. The van der Waals surface area contributed by atoms with Crippen molar-refractivity contribution >= 4 is 5.97 Å². The third-order valence-electron chi connectivity index (χ3n) is 3.77. The summed E-state index contributed by atoms with van der Waals surface area (Å²) in [5.41, 5.74) is 0.688. The highest BCUT2D eigenvalue weighted by Crippen LogP contribution is 2.41. The van der Waals surface area contributed by atoms with Crippen LogP contribution in [0.3, 0.4) is 0 Å². The number of rotatable bonds is 6. The largest absolute Gasteiger partial charge is 0.481 e. The molecule has 0 heterocycles. The molecule has 0 aromatic heterocycles. The fraction of sp³-hybridized carbons (Fsp3) is 0.235. The van der Waals surface area contributed by atoms with E-state index in [4.69, 9.17) is 10.7 Å². The fourth-order valence-corrected chi connectivity index (χ4v) is 2.66. The number of carboxylic acids is 1. The molecule has 21 heavy (non-hydrogen) atoms. The monoisotopic (exact) mass is 285 g/mol. The van der Waals surface area contributed by atoms with Gasteiger partial charge in [-0.05, 0) is 18.1 Å². The van der Waals surface area contributed by atoms with Gasteiger partial charge >= 0.3 is 5.97 Å². The SMILES string of the molecule is CC(CON)(C(=O)O)C(c1ccccc1)c1ccccc1. The zero-order valence-electron chi connectivity index (χ0n) is 11.9. The Balaban J connectivity index is 2.58. The van der Waals surface area contributed by atoms with Crippen LogP contribution in [0.5, 0.6) is 0 Å². The number of nitrogens with two attached hydrogens (primary N) is 1. The van der Waals surface area contributed by atoms with Gasteiger partial charge in [-0.3, -0.25) is 4.79 Å². The summed E-state index contributed by atoms with van der Waals surface area (Å²) in [5.74, 6) is 3.90. The highest BCUT2D eigenvalue weighted by molar-refractivity contribution is 5.77. The first-order valence-electron chi connectivity index (χ1n) is 6.74. The molecule has 0 fully saturated rings. The average Bonchev–Trinajstić information content (AvgIpc) is 2.50. The zero-order valence-corrected chi connectivity index (χ0v) is 11.9. The van der Waals surface area contributed by atoms with Crippen LogP contribution in [0.4, 0.5) is 0 Å². The minimum Gasteiger partial charge on any atom is -0.481 e. The van der Waals surface area contributed by atoms with Gasteiger partial charge in [-0.15, -0.1) is 0 Å². The molecule has 0 saturated carbocycles. The lowest BCUT2D eigenvalue weighted by molar-refractivity contribution is -0.153. The molecule has 0 aliphatic heterocycles. The molecule has 2 aromatic rings.